The lowest BCUT2D eigenvalue weighted by Crippen LogP contribution is -2.40. The molecule has 0 spiro atoms. The predicted octanol–water partition coefficient (Wildman–Crippen LogP) is 2.48. The molecular weight excluding hydrogens is 393 g/mol. The molecule has 22 heavy (non-hydrogen) atoms. The summed E-state index contributed by atoms with van der Waals surface area (Å²) in [7, 11) is 1.40. The molecule has 0 heterocycles. The molecule has 1 aromatic carbocycles. The zero-order chi connectivity index (χ0) is 15.7. The third kappa shape index (κ3) is 7.63. The Bertz CT molecular complexity index is 492. The quantitative estimate of drug-likeness (QED) is 0.322. The number of guanidine groups is 1. The second-order valence-electron chi connectivity index (χ2n) is 4.99. The molecule has 0 aliphatic carbocycles. The maximum Gasteiger partial charge on any atom is 0.310 e. The molecule has 0 bridgehead atoms. The molecule has 0 aliphatic heterocycles. The molecular formula is C16H26IN3O2. The highest BCUT2D eigenvalue weighted by molar-refractivity contribution is 14.0. The molecule has 1 unspecified atom stereocenters. The second kappa shape index (κ2) is 11.3. The largest absolute Gasteiger partial charge is 0.469 e. The van der Waals surface area contributed by atoms with Crippen LogP contribution >= 0.6 is 24.0 Å². The van der Waals surface area contributed by atoms with Gasteiger partial charge in [-0.25, -0.2) is 4.99 Å². The van der Waals surface area contributed by atoms with Gasteiger partial charge >= 0.3 is 5.97 Å². The molecule has 124 valence electrons. The van der Waals surface area contributed by atoms with Crippen molar-refractivity contribution in [1.82, 2.24) is 10.6 Å². The average Bonchev–Trinajstić information content (AvgIpc) is 2.49. The van der Waals surface area contributed by atoms with E-state index in [0.717, 1.165) is 12.1 Å². The Morgan fingerprint density at radius 2 is 2.09 bits per heavy atom. The molecule has 0 radical (unpaired) electrons. The van der Waals surface area contributed by atoms with Gasteiger partial charge in [0.15, 0.2) is 5.96 Å². The van der Waals surface area contributed by atoms with Crippen LogP contribution in [0.4, 0.5) is 0 Å². The molecule has 1 aromatic rings. The van der Waals surface area contributed by atoms with Gasteiger partial charge in [0.1, 0.15) is 0 Å². The number of nitrogens with one attached hydrogen (secondary N) is 2. The lowest BCUT2D eigenvalue weighted by atomic mass is 10.1. The van der Waals surface area contributed by atoms with Gasteiger partial charge in [-0.2, -0.15) is 0 Å². The number of nitrogens with zero attached hydrogens (tertiary/aromatic N) is 1. The van der Waals surface area contributed by atoms with Gasteiger partial charge in [-0.3, -0.25) is 4.79 Å². The third-order valence-corrected chi connectivity index (χ3v) is 3.03. The number of ether oxygens (including phenoxy) is 1. The van der Waals surface area contributed by atoms with E-state index in [-0.39, 0.29) is 35.9 Å². The molecule has 0 aliphatic rings. The zero-order valence-corrected chi connectivity index (χ0v) is 16.0. The number of aryl methyl sites for hydroxylation is 1. The first-order valence-corrected chi connectivity index (χ1v) is 7.22. The van der Waals surface area contributed by atoms with Crippen molar-refractivity contribution in [2.45, 2.75) is 27.3 Å². The summed E-state index contributed by atoms with van der Waals surface area (Å²) in [6, 6.07) is 8.26. The Hall–Kier alpha value is -1.31. The van der Waals surface area contributed by atoms with Crippen LogP contribution in [0.5, 0.6) is 0 Å². The molecule has 6 heteroatoms. The fourth-order valence-electron chi connectivity index (χ4n) is 1.86. The van der Waals surface area contributed by atoms with Crippen LogP contribution in [0.2, 0.25) is 0 Å². The Morgan fingerprint density at radius 3 is 2.68 bits per heavy atom. The molecule has 0 aromatic heterocycles. The number of hydrogen-bond acceptors (Lipinski definition) is 3. The minimum absolute atomic E-state index is 0. The highest BCUT2D eigenvalue weighted by Gasteiger charge is 2.13. The molecule has 5 nitrogen and oxygen atoms in total. The van der Waals surface area contributed by atoms with Gasteiger partial charge in [0.2, 0.25) is 0 Å². The number of halogens is 1. The van der Waals surface area contributed by atoms with E-state index in [9.17, 15) is 4.79 Å². The lowest BCUT2D eigenvalue weighted by molar-refractivity contribution is -0.144. The van der Waals surface area contributed by atoms with Gasteiger partial charge in [-0.15, -0.1) is 24.0 Å². The van der Waals surface area contributed by atoms with Crippen LogP contribution in [0.25, 0.3) is 0 Å². The lowest BCUT2D eigenvalue weighted by Gasteiger charge is -2.14. The molecule has 1 rings (SSSR count). The highest BCUT2D eigenvalue weighted by Crippen LogP contribution is 2.05. The molecule has 0 amide bonds. The minimum atomic E-state index is -0.225. The van der Waals surface area contributed by atoms with Crippen molar-refractivity contribution in [3.05, 3.63) is 35.4 Å². The topological polar surface area (TPSA) is 62.7 Å². The predicted molar refractivity (Wildman–Crippen MR) is 101 cm³/mol. The number of carbonyl (C=O) groups is 1. The van der Waals surface area contributed by atoms with Gasteiger partial charge in [0.05, 0.1) is 19.6 Å². The number of hydrogen-bond donors (Lipinski definition) is 2. The van der Waals surface area contributed by atoms with E-state index in [0.29, 0.717) is 19.0 Å². The number of carbonyl (C=O) groups excluding carboxylic acids is 1. The van der Waals surface area contributed by atoms with Gasteiger partial charge in [0.25, 0.3) is 0 Å². The molecule has 0 saturated heterocycles. The molecule has 1 atom stereocenters. The fraction of sp³-hybridized carbons (Fsp3) is 0.500. The Labute approximate surface area is 149 Å². The van der Waals surface area contributed by atoms with Crippen LogP contribution in [-0.2, 0) is 16.1 Å². The van der Waals surface area contributed by atoms with Crippen molar-refractivity contribution < 1.29 is 9.53 Å². The Balaban J connectivity index is 0.00000441. The smallest absolute Gasteiger partial charge is 0.310 e. The number of esters is 1. The van der Waals surface area contributed by atoms with Crippen molar-refractivity contribution in [3.8, 4) is 0 Å². The summed E-state index contributed by atoms with van der Waals surface area (Å²) in [6.07, 6.45) is 0. The van der Waals surface area contributed by atoms with Crippen molar-refractivity contribution in [3.63, 3.8) is 0 Å². The SMILES string of the molecule is CCNC(=NCc1cccc(C)c1)NCC(C)C(=O)OC.I. The van der Waals surface area contributed by atoms with Crippen LogP contribution in [0.3, 0.4) is 0 Å². The second-order valence-corrected chi connectivity index (χ2v) is 4.99. The van der Waals surface area contributed by atoms with E-state index in [1.54, 1.807) is 0 Å². The van der Waals surface area contributed by atoms with Gasteiger partial charge in [0, 0.05) is 13.1 Å². The van der Waals surface area contributed by atoms with E-state index in [2.05, 4.69) is 40.7 Å². The van der Waals surface area contributed by atoms with Crippen molar-refractivity contribution >= 4 is 35.9 Å². The summed E-state index contributed by atoms with van der Waals surface area (Å²) >= 11 is 0. The number of benzene rings is 1. The average molecular weight is 419 g/mol. The van der Waals surface area contributed by atoms with E-state index >= 15 is 0 Å². The number of rotatable bonds is 6. The summed E-state index contributed by atoms with van der Waals surface area (Å²) in [5.74, 6) is 0.268. The van der Waals surface area contributed by atoms with Crippen molar-refractivity contribution in [2.75, 3.05) is 20.2 Å². The van der Waals surface area contributed by atoms with Crippen molar-refractivity contribution in [1.29, 1.82) is 0 Å². The van der Waals surface area contributed by atoms with E-state index in [1.807, 2.05) is 19.9 Å². The standard InChI is InChI=1S/C16H25N3O2.HI/c1-5-17-16(18-10-13(3)15(20)21-4)19-11-14-8-6-7-12(2)9-14;/h6-9,13H,5,10-11H2,1-4H3,(H2,17,18,19);1H. The van der Waals surface area contributed by atoms with E-state index in [4.69, 9.17) is 4.74 Å². The van der Waals surface area contributed by atoms with Crippen LogP contribution in [0.15, 0.2) is 29.3 Å². The summed E-state index contributed by atoms with van der Waals surface area (Å²) in [4.78, 5) is 15.9. The van der Waals surface area contributed by atoms with Gasteiger partial charge in [-0.05, 0) is 19.4 Å². The first-order valence-electron chi connectivity index (χ1n) is 7.22. The molecule has 0 fully saturated rings. The van der Waals surface area contributed by atoms with Crippen LogP contribution in [0.1, 0.15) is 25.0 Å². The first-order chi connectivity index (χ1) is 10.1. The van der Waals surface area contributed by atoms with Crippen LogP contribution < -0.4 is 10.6 Å². The number of aliphatic imine (C=N–C) groups is 1. The van der Waals surface area contributed by atoms with Crippen LogP contribution in [-0.4, -0.2) is 32.1 Å². The Kier molecular flexibility index (Phi) is 10.6. The van der Waals surface area contributed by atoms with Gasteiger partial charge < -0.3 is 15.4 Å². The number of methoxy groups -OCH3 is 1. The summed E-state index contributed by atoms with van der Waals surface area (Å²) in [6.45, 7) is 7.76. The first kappa shape index (κ1) is 20.7. The van der Waals surface area contributed by atoms with Gasteiger partial charge in [-0.1, -0.05) is 36.8 Å². The molecule has 2 N–H and O–H groups in total. The third-order valence-electron chi connectivity index (χ3n) is 3.03. The minimum Gasteiger partial charge on any atom is -0.469 e. The maximum atomic E-state index is 11.4. The Morgan fingerprint density at radius 1 is 1.36 bits per heavy atom. The van der Waals surface area contributed by atoms with Crippen LogP contribution in [0, 0.1) is 12.8 Å². The maximum absolute atomic E-state index is 11.4. The molecule has 0 saturated carbocycles. The summed E-state index contributed by atoms with van der Waals surface area (Å²) in [5.41, 5.74) is 2.38. The van der Waals surface area contributed by atoms with E-state index < -0.39 is 0 Å². The summed E-state index contributed by atoms with van der Waals surface area (Å²) in [5, 5.41) is 6.33. The van der Waals surface area contributed by atoms with Crippen molar-refractivity contribution in [2.24, 2.45) is 10.9 Å². The zero-order valence-electron chi connectivity index (χ0n) is 13.7. The van der Waals surface area contributed by atoms with E-state index in [1.165, 1.54) is 12.7 Å². The fourth-order valence-corrected chi connectivity index (χ4v) is 1.86. The normalized spacial score (nSPS) is 12.1. The highest BCUT2D eigenvalue weighted by atomic mass is 127. The summed E-state index contributed by atoms with van der Waals surface area (Å²) < 4.78 is 4.71. The monoisotopic (exact) mass is 419 g/mol.